The third kappa shape index (κ3) is 3.25. The van der Waals surface area contributed by atoms with E-state index in [1.54, 1.807) is 0 Å². The molecular formula is C16H18BrN3. The number of benzene rings is 1. The smallest absolute Gasteiger partial charge is 0.125 e. The van der Waals surface area contributed by atoms with E-state index in [9.17, 15) is 0 Å². The number of halogens is 1. The fourth-order valence-corrected chi connectivity index (χ4v) is 3.09. The van der Waals surface area contributed by atoms with Gasteiger partial charge < -0.3 is 5.32 Å². The highest BCUT2D eigenvalue weighted by Crippen LogP contribution is 2.37. The first-order valence-corrected chi connectivity index (χ1v) is 7.77. The Balaban J connectivity index is 1.49. The standard InChI is InChI=1S/C16H18BrN3/c1-11-18-6-5-15(20-11)10-19-16-8-13(9-16)12-3-2-4-14(17)7-12/h2-7,13,16,19H,8-10H2,1H3. The molecule has 1 fully saturated rings. The van der Waals surface area contributed by atoms with E-state index in [2.05, 4.69) is 55.5 Å². The maximum Gasteiger partial charge on any atom is 0.125 e. The lowest BCUT2D eigenvalue weighted by atomic mass is 9.76. The number of nitrogens with zero attached hydrogens (tertiary/aromatic N) is 2. The third-order valence-corrected chi connectivity index (χ3v) is 4.36. The summed E-state index contributed by atoms with van der Waals surface area (Å²) in [6, 6.07) is 11.2. The molecule has 0 unspecified atom stereocenters. The van der Waals surface area contributed by atoms with E-state index < -0.39 is 0 Å². The van der Waals surface area contributed by atoms with Crippen molar-refractivity contribution >= 4 is 15.9 Å². The van der Waals surface area contributed by atoms with Crippen LogP contribution in [0.1, 0.15) is 35.8 Å². The van der Waals surface area contributed by atoms with Crippen LogP contribution in [0, 0.1) is 6.92 Å². The molecule has 2 aromatic rings. The van der Waals surface area contributed by atoms with E-state index in [-0.39, 0.29) is 0 Å². The van der Waals surface area contributed by atoms with Crippen molar-refractivity contribution in [1.29, 1.82) is 0 Å². The summed E-state index contributed by atoms with van der Waals surface area (Å²) >= 11 is 3.54. The zero-order valence-electron chi connectivity index (χ0n) is 11.5. The Hall–Kier alpha value is -1.26. The largest absolute Gasteiger partial charge is 0.308 e. The van der Waals surface area contributed by atoms with Crippen LogP contribution in [-0.2, 0) is 6.54 Å². The molecule has 1 aliphatic carbocycles. The molecule has 0 saturated heterocycles. The van der Waals surface area contributed by atoms with Crippen LogP contribution in [0.3, 0.4) is 0 Å². The highest BCUT2D eigenvalue weighted by atomic mass is 79.9. The Morgan fingerprint density at radius 3 is 2.90 bits per heavy atom. The number of hydrogen-bond acceptors (Lipinski definition) is 3. The third-order valence-electron chi connectivity index (χ3n) is 3.86. The normalized spacial score (nSPS) is 21.5. The van der Waals surface area contributed by atoms with Gasteiger partial charge in [-0.1, -0.05) is 28.1 Å². The Morgan fingerprint density at radius 2 is 2.15 bits per heavy atom. The second kappa shape index (κ2) is 6.02. The molecule has 0 spiro atoms. The van der Waals surface area contributed by atoms with E-state index in [1.807, 2.05) is 19.2 Å². The van der Waals surface area contributed by atoms with E-state index in [1.165, 1.54) is 22.9 Å². The van der Waals surface area contributed by atoms with Crippen molar-refractivity contribution in [3.05, 3.63) is 58.1 Å². The molecule has 4 heteroatoms. The van der Waals surface area contributed by atoms with E-state index in [0.717, 1.165) is 18.1 Å². The lowest BCUT2D eigenvalue weighted by Crippen LogP contribution is -2.39. The summed E-state index contributed by atoms with van der Waals surface area (Å²) in [5.41, 5.74) is 2.51. The van der Waals surface area contributed by atoms with Gasteiger partial charge in [0.25, 0.3) is 0 Å². The van der Waals surface area contributed by atoms with Crippen LogP contribution in [0.4, 0.5) is 0 Å². The molecule has 1 aromatic carbocycles. The number of hydrogen-bond donors (Lipinski definition) is 1. The summed E-state index contributed by atoms with van der Waals surface area (Å²) in [6.45, 7) is 2.76. The summed E-state index contributed by atoms with van der Waals surface area (Å²) in [7, 11) is 0. The van der Waals surface area contributed by atoms with Gasteiger partial charge in [-0.05, 0) is 49.4 Å². The molecule has 1 N–H and O–H groups in total. The van der Waals surface area contributed by atoms with Gasteiger partial charge in [0.15, 0.2) is 0 Å². The molecule has 20 heavy (non-hydrogen) atoms. The van der Waals surface area contributed by atoms with Gasteiger partial charge in [-0.3, -0.25) is 0 Å². The first-order chi connectivity index (χ1) is 9.70. The average Bonchev–Trinajstić information content (AvgIpc) is 2.37. The van der Waals surface area contributed by atoms with Gasteiger partial charge >= 0.3 is 0 Å². The maximum absolute atomic E-state index is 4.41. The molecule has 3 rings (SSSR count). The van der Waals surface area contributed by atoms with Gasteiger partial charge in [0.05, 0.1) is 5.69 Å². The van der Waals surface area contributed by atoms with Crippen molar-refractivity contribution in [1.82, 2.24) is 15.3 Å². The van der Waals surface area contributed by atoms with Gasteiger partial charge in [0.1, 0.15) is 5.82 Å². The predicted octanol–water partition coefficient (Wildman–Crippen LogP) is 3.58. The molecule has 1 aromatic heterocycles. The maximum atomic E-state index is 4.41. The van der Waals surface area contributed by atoms with Gasteiger partial charge in [-0.15, -0.1) is 0 Å². The van der Waals surface area contributed by atoms with Crippen LogP contribution in [0.25, 0.3) is 0 Å². The Bertz CT molecular complexity index is 591. The first-order valence-electron chi connectivity index (χ1n) is 6.98. The predicted molar refractivity (Wildman–Crippen MR) is 83.5 cm³/mol. The number of rotatable bonds is 4. The van der Waals surface area contributed by atoms with Crippen molar-refractivity contribution in [2.45, 2.75) is 38.3 Å². The molecule has 1 aliphatic rings. The number of aryl methyl sites for hydroxylation is 1. The van der Waals surface area contributed by atoms with Crippen molar-refractivity contribution in [3.63, 3.8) is 0 Å². The quantitative estimate of drug-likeness (QED) is 0.930. The topological polar surface area (TPSA) is 37.8 Å². The number of aromatic nitrogens is 2. The average molecular weight is 332 g/mol. The van der Waals surface area contributed by atoms with Crippen molar-refractivity contribution in [2.24, 2.45) is 0 Å². The molecule has 0 amide bonds. The molecular weight excluding hydrogens is 314 g/mol. The highest BCUT2D eigenvalue weighted by molar-refractivity contribution is 9.10. The van der Waals surface area contributed by atoms with Crippen LogP contribution in [0.5, 0.6) is 0 Å². The van der Waals surface area contributed by atoms with Gasteiger partial charge in [-0.2, -0.15) is 0 Å². The minimum absolute atomic E-state index is 0.606. The molecule has 0 aliphatic heterocycles. The number of nitrogens with one attached hydrogen (secondary N) is 1. The van der Waals surface area contributed by atoms with Gasteiger partial charge in [-0.25, -0.2) is 9.97 Å². The second-order valence-electron chi connectivity index (χ2n) is 5.40. The molecule has 0 radical (unpaired) electrons. The van der Waals surface area contributed by atoms with E-state index >= 15 is 0 Å². The first kappa shape index (κ1) is 13.7. The van der Waals surface area contributed by atoms with Crippen molar-refractivity contribution < 1.29 is 0 Å². The van der Waals surface area contributed by atoms with Gasteiger partial charge in [0.2, 0.25) is 0 Å². The molecule has 0 atom stereocenters. The lowest BCUT2D eigenvalue weighted by Gasteiger charge is -2.36. The summed E-state index contributed by atoms with van der Waals surface area (Å²) in [5.74, 6) is 1.53. The zero-order valence-corrected chi connectivity index (χ0v) is 13.1. The monoisotopic (exact) mass is 331 g/mol. The van der Waals surface area contributed by atoms with Crippen LogP contribution in [-0.4, -0.2) is 16.0 Å². The highest BCUT2D eigenvalue weighted by Gasteiger charge is 2.29. The minimum atomic E-state index is 0.606. The molecule has 1 saturated carbocycles. The van der Waals surface area contributed by atoms with E-state index in [0.29, 0.717) is 12.0 Å². The van der Waals surface area contributed by atoms with Crippen LogP contribution in [0.2, 0.25) is 0 Å². The fourth-order valence-electron chi connectivity index (χ4n) is 2.67. The van der Waals surface area contributed by atoms with Crippen LogP contribution >= 0.6 is 15.9 Å². The van der Waals surface area contributed by atoms with Gasteiger partial charge in [0, 0.05) is 23.3 Å². The molecule has 0 bridgehead atoms. The Kier molecular flexibility index (Phi) is 4.13. The second-order valence-corrected chi connectivity index (χ2v) is 6.31. The molecule has 1 heterocycles. The van der Waals surface area contributed by atoms with Crippen LogP contribution in [0.15, 0.2) is 41.0 Å². The summed E-state index contributed by atoms with van der Waals surface area (Å²) < 4.78 is 1.17. The molecule has 104 valence electrons. The summed E-state index contributed by atoms with van der Waals surface area (Å²) in [6.07, 6.45) is 4.24. The lowest BCUT2D eigenvalue weighted by molar-refractivity contribution is 0.288. The van der Waals surface area contributed by atoms with Crippen molar-refractivity contribution in [2.75, 3.05) is 0 Å². The fraction of sp³-hybridized carbons (Fsp3) is 0.375. The van der Waals surface area contributed by atoms with Crippen molar-refractivity contribution in [3.8, 4) is 0 Å². The van der Waals surface area contributed by atoms with E-state index in [4.69, 9.17) is 0 Å². The Morgan fingerprint density at radius 1 is 1.30 bits per heavy atom. The molecule has 3 nitrogen and oxygen atoms in total. The van der Waals surface area contributed by atoms with Crippen LogP contribution < -0.4 is 5.32 Å². The minimum Gasteiger partial charge on any atom is -0.308 e. The summed E-state index contributed by atoms with van der Waals surface area (Å²) in [4.78, 5) is 8.53. The SMILES string of the molecule is Cc1nccc(CNC2CC(c3cccc(Br)c3)C2)n1. The summed E-state index contributed by atoms with van der Waals surface area (Å²) in [5, 5.41) is 3.57. The zero-order chi connectivity index (χ0) is 13.9. The Labute approximate surface area is 128 Å².